The zero-order chi connectivity index (χ0) is 17.3. The van der Waals surface area contributed by atoms with Crippen LogP contribution in [-0.4, -0.2) is 42.9 Å². The number of aromatic nitrogens is 5. The van der Waals surface area contributed by atoms with E-state index in [0.29, 0.717) is 30.2 Å². The van der Waals surface area contributed by atoms with Gasteiger partial charge in [0.2, 0.25) is 5.89 Å². The monoisotopic (exact) mass is 333 g/mol. The molecule has 2 aromatic heterocycles. The van der Waals surface area contributed by atoms with Gasteiger partial charge in [-0.05, 0) is 47.1 Å². The average Bonchev–Trinajstić information content (AvgIpc) is 3.15. The normalized spacial score (nSPS) is 20.0. The zero-order valence-corrected chi connectivity index (χ0v) is 14.9. The Bertz CT molecular complexity index is 670. The number of hydrogen-bond donors (Lipinski definition) is 1. The first-order valence-corrected chi connectivity index (χ1v) is 8.58. The molecule has 1 unspecified atom stereocenters. The van der Waals surface area contributed by atoms with Crippen molar-refractivity contribution >= 4 is 0 Å². The van der Waals surface area contributed by atoms with E-state index >= 15 is 0 Å². The molecule has 0 aliphatic carbocycles. The van der Waals surface area contributed by atoms with Gasteiger partial charge in [0.05, 0.1) is 12.1 Å². The van der Waals surface area contributed by atoms with Gasteiger partial charge in [-0.15, -0.1) is 10.2 Å². The van der Waals surface area contributed by atoms with Crippen LogP contribution in [0.1, 0.15) is 70.0 Å². The first-order valence-electron chi connectivity index (χ1n) is 8.58. The van der Waals surface area contributed by atoms with Gasteiger partial charge in [0.25, 0.3) is 0 Å². The van der Waals surface area contributed by atoms with Gasteiger partial charge in [0, 0.05) is 18.5 Å². The highest BCUT2D eigenvalue weighted by Gasteiger charge is 2.28. The Balaban J connectivity index is 1.68. The van der Waals surface area contributed by atoms with Crippen LogP contribution in [0.4, 0.5) is 0 Å². The average molecular weight is 333 g/mol. The fourth-order valence-electron chi connectivity index (χ4n) is 3.12. The minimum atomic E-state index is -0.583. The predicted octanol–water partition coefficient (Wildman–Crippen LogP) is 1.82. The first-order chi connectivity index (χ1) is 11.3. The molecule has 0 spiro atoms. The van der Waals surface area contributed by atoms with Crippen molar-refractivity contribution in [1.29, 1.82) is 0 Å². The van der Waals surface area contributed by atoms with E-state index in [2.05, 4.69) is 43.7 Å². The lowest BCUT2D eigenvalue weighted by Crippen LogP contribution is -2.35. The van der Waals surface area contributed by atoms with Gasteiger partial charge >= 0.3 is 0 Å². The fraction of sp³-hybridized carbons (Fsp3) is 0.750. The maximum Gasteiger partial charge on any atom is 0.240 e. The Morgan fingerprint density at radius 1 is 1.42 bits per heavy atom. The lowest BCUT2D eigenvalue weighted by Gasteiger charge is -2.31. The third kappa shape index (κ3) is 3.64. The van der Waals surface area contributed by atoms with Crippen molar-refractivity contribution in [3.05, 3.63) is 23.9 Å². The summed E-state index contributed by atoms with van der Waals surface area (Å²) in [5, 5.41) is 12.4. The van der Waals surface area contributed by atoms with Crippen molar-refractivity contribution in [3.8, 4) is 0 Å². The number of hydrogen-bond acceptors (Lipinski definition) is 7. The molecule has 24 heavy (non-hydrogen) atoms. The Labute approximate surface area is 142 Å². The van der Waals surface area contributed by atoms with Crippen LogP contribution in [0.2, 0.25) is 0 Å². The molecule has 0 bridgehead atoms. The van der Waals surface area contributed by atoms with Crippen LogP contribution < -0.4 is 5.73 Å². The Hall–Kier alpha value is -1.80. The van der Waals surface area contributed by atoms with Gasteiger partial charge in [-0.2, -0.15) is 4.98 Å². The van der Waals surface area contributed by atoms with Crippen molar-refractivity contribution in [1.82, 2.24) is 29.8 Å². The summed E-state index contributed by atoms with van der Waals surface area (Å²) in [6, 6.07) is 0.371. The van der Waals surface area contributed by atoms with Gasteiger partial charge < -0.3 is 14.8 Å². The summed E-state index contributed by atoms with van der Waals surface area (Å²) in [7, 11) is 0. The van der Waals surface area contributed by atoms with Crippen molar-refractivity contribution in [3.63, 3.8) is 0 Å². The Morgan fingerprint density at radius 2 is 2.21 bits per heavy atom. The quantitative estimate of drug-likeness (QED) is 0.891. The summed E-state index contributed by atoms with van der Waals surface area (Å²) in [5.41, 5.74) is 5.43. The maximum atomic E-state index is 6.02. The predicted molar refractivity (Wildman–Crippen MR) is 89.2 cm³/mol. The second kappa shape index (κ2) is 6.60. The van der Waals surface area contributed by atoms with Crippen LogP contribution in [-0.2, 0) is 12.1 Å². The molecule has 1 fully saturated rings. The van der Waals surface area contributed by atoms with E-state index in [1.54, 1.807) is 0 Å². The molecule has 0 amide bonds. The molecule has 1 atom stereocenters. The second-order valence-corrected chi connectivity index (χ2v) is 7.50. The molecule has 0 aromatic carbocycles. The number of piperidine rings is 1. The summed E-state index contributed by atoms with van der Waals surface area (Å²) in [6.07, 6.45) is 4.08. The molecule has 3 heterocycles. The van der Waals surface area contributed by atoms with Crippen LogP contribution in [0, 0.1) is 0 Å². The van der Waals surface area contributed by atoms with Crippen LogP contribution in [0.15, 0.2) is 10.9 Å². The van der Waals surface area contributed by atoms with Crippen LogP contribution in [0.5, 0.6) is 0 Å². The largest absolute Gasteiger partial charge is 0.338 e. The zero-order valence-electron chi connectivity index (χ0n) is 14.9. The van der Waals surface area contributed by atoms with Crippen molar-refractivity contribution < 1.29 is 4.52 Å². The van der Waals surface area contributed by atoms with Gasteiger partial charge in [-0.1, -0.05) is 5.16 Å². The molecular weight excluding hydrogens is 306 g/mol. The topological polar surface area (TPSA) is 98.9 Å². The van der Waals surface area contributed by atoms with Gasteiger partial charge in [0.15, 0.2) is 5.82 Å². The molecule has 8 heteroatoms. The minimum absolute atomic E-state index is 0.371. The third-order valence-corrected chi connectivity index (χ3v) is 4.43. The molecule has 1 aliphatic rings. The molecular formula is C16H27N7O. The maximum absolute atomic E-state index is 6.02. The van der Waals surface area contributed by atoms with E-state index in [-0.39, 0.29) is 0 Å². The summed E-state index contributed by atoms with van der Waals surface area (Å²) in [6.45, 7) is 10.7. The highest BCUT2D eigenvalue weighted by Crippen LogP contribution is 2.27. The minimum Gasteiger partial charge on any atom is -0.338 e. The lowest BCUT2D eigenvalue weighted by atomic mass is 9.97. The lowest BCUT2D eigenvalue weighted by molar-refractivity contribution is 0.172. The van der Waals surface area contributed by atoms with Crippen molar-refractivity contribution in [2.24, 2.45) is 5.73 Å². The van der Waals surface area contributed by atoms with E-state index in [9.17, 15) is 0 Å². The fourth-order valence-corrected chi connectivity index (χ4v) is 3.12. The van der Waals surface area contributed by atoms with Gasteiger partial charge in [-0.25, -0.2) is 0 Å². The van der Waals surface area contributed by atoms with E-state index in [1.165, 1.54) is 0 Å². The van der Waals surface area contributed by atoms with E-state index in [1.807, 2.05) is 20.2 Å². The molecule has 2 aromatic rings. The summed E-state index contributed by atoms with van der Waals surface area (Å²) in [4.78, 5) is 6.77. The van der Waals surface area contributed by atoms with Crippen molar-refractivity contribution in [2.75, 3.05) is 13.1 Å². The van der Waals surface area contributed by atoms with E-state index < -0.39 is 5.54 Å². The smallest absolute Gasteiger partial charge is 0.240 e. The number of rotatable bonds is 5. The number of nitrogens with zero attached hydrogens (tertiary/aromatic N) is 6. The summed E-state index contributed by atoms with van der Waals surface area (Å²) >= 11 is 0. The Kier molecular flexibility index (Phi) is 4.69. The molecule has 1 saturated heterocycles. The number of nitrogens with two attached hydrogens (primary N) is 1. The van der Waals surface area contributed by atoms with Crippen LogP contribution >= 0.6 is 0 Å². The second-order valence-electron chi connectivity index (χ2n) is 7.50. The molecule has 8 nitrogen and oxygen atoms in total. The highest BCUT2D eigenvalue weighted by atomic mass is 16.5. The molecule has 0 radical (unpaired) electrons. The molecule has 0 saturated carbocycles. The molecule has 3 rings (SSSR count). The van der Waals surface area contributed by atoms with Gasteiger partial charge in [-0.3, -0.25) is 4.90 Å². The van der Waals surface area contributed by atoms with Crippen LogP contribution in [0.3, 0.4) is 0 Å². The number of likely N-dealkylation sites (tertiary alicyclic amines) is 1. The Morgan fingerprint density at radius 3 is 2.88 bits per heavy atom. The van der Waals surface area contributed by atoms with Gasteiger partial charge in [0.1, 0.15) is 12.2 Å². The first kappa shape index (κ1) is 17.0. The molecule has 132 valence electrons. The third-order valence-electron chi connectivity index (χ3n) is 4.43. The summed E-state index contributed by atoms with van der Waals surface area (Å²) in [5.74, 6) is 2.63. The van der Waals surface area contributed by atoms with Crippen LogP contribution in [0.25, 0.3) is 0 Å². The van der Waals surface area contributed by atoms with E-state index in [0.717, 1.165) is 31.8 Å². The summed E-state index contributed by atoms with van der Waals surface area (Å²) < 4.78 is 7.53. The highest BCUT2D eigenvalue weighted by molar-refractivity contribution is 5.02. The van der Waals surface area contributed by atoms with E-state index in [4.69, 9.17) is 10.3 Å². The SMILES string of the molecule is CC(C)n1cnnc1C1CCCN(Cc2nc(C(C)(C)N)no2)C1. The molecule has 1 aliphatic heterocycles. The van der Waals surface area contributed by atoms with Crippen molar-refractivity contribution in [2.45, 2.75) is 64.6 Å². The molecule has 2 N–H and O–H groups in total. The standard InChI is InChI=1S/C16H27N7O/c1-11(2)23-10-18-20-14(23)12-6-5-7-22(8-12)9-13-19-15(21-24-13)16(3,4)17/h10-12H,5-9,17H2,1-4H3.